The third-order valence-corrected chi connectivity index (χ3v) is 2.88. The Kier molecular flexibility index (Phi) is 3.31. The Morgan fingerprint density at radius 1 is 1.50 bits per heavy atom. The van der Waals surface area contributed by atoms with Crippen LogP contribution in [0, 0.1) is 0 Å². The van der Waals surface area contributed by atoms with Crippen molar-refractivity contribution >= 4 is 17.4 Å². The lowest BCUT2D eigenvalue weighted by Gasteiger charge is -2.07. The van der Waals surface area contributed by atoms with E-state index in [2.05, 4.69) is 16.8 Å². The molecule has 3 nitrogen and oxygen atoms in total. The first-order valence-electron chi connectivity index (χ1n) is 5.01. The van der Waals surface area contributed by atoms with E-state index in [-0.39, 0.29) is 0 Å². The Bertz CT molecular complexity index is 480. The predicted octanol–water partition coefficient (Wildman–Crippen LogP) is 3.25. The Morgan fingerprint density at radius 2 is 2.38 bits per heavy atom. The maximum absolute atomic E-state index is 5.50. The lowest BCUT2D eigenvalue weighted by Crippen LogP contribution is -1.94. The molecule has 1 heterocycles. The summed E-state index contributed by atoms with van der Waals surface area (Å²) in [7, 11) is 0. The summed E-state index contributed by atoms with van der Waals surface area (Å²) in [6.07, 6.45) is 1.79. The molecule has 4 heteroatoms. The van der Waals surface area contributed by atoms with Crippen molar-refractivity contribution in [3.63, 3.8) is 0 Å². The molecule has 0 aliphatic carbocycles. The van der Waals surface area contributed by atoms with Crippen molar-refractivity contribution in [1.29, 1.82) is 0 Å². The fourth-order valence-corrected chi connectivity index (χ4v) is 1.98. The molecule has 0 aliphatic rings. The van der Waals surface area contributed by atoms with Gasteiger partial charge in [-0.25, -0.2) is 0 Å². The van der Waals surface area contributed by atoms with Crippen LogP contribution in [0.15, 0.2) is 30.3 Å². The Balaban J connectivity index is 2.40. The average molecular weight is 232 g/mol. The molecule has 16 heavy (non-hydrogen) atoms. The Hall–Kier alpha value is -1.68. The van der Waals surface area contributed by atoms with Crippen molar-refractivity contribution in [1.82, 2.24) is 10.2 Å². The van der Waals surface area contributed by atoms with Crippen molar-refractivity contribution < 1.29 is 4.74 Å². The van der Waals surface area contributed by atoms with E-state index in [1.165, 1.54) is 11.3 Å². The largest absolute Gasteiger partial charge is 0.493 e. The van der Waals surface area contributed by atoms with Gasteiger partial charge < -0.3 is 4.74 Å². The molecule has 0 saturated carbocycles. The summed E-state index contributed by atoms with van der Waals surface area (Å²) in [5, 5.41) is 8.76. The lowest BCUT2D eigenvalue weighted by molar-refractivity contribution is 0.339. The van der Waals surface area contributed by atoms with Gasteiger partial charge in [0.15, 0.2) is 0 Å². The summed E-state index contributed by atoms with van der Waals surface area (Å²) >= 11 is 1.52. The van der Waals surface area contributed by atoms with Gasteiger partial charge in [-0.3, -0.25) is 0 Å². The molecule has 0 radical (unpaired) electrons. The molecular weight excluding hydrogens is 220 g/mol. The van der Waals surface area contributed by atoms with Crippen LogP contribution in [0.5, 0.6) is 5.75 Å². The van der Waals surface area contributed by atoms with Gasteiger partial charge in [-0.2, -0.15) is 0 Å². The van der Waals surface area contributed by atoms with E-state index in [1.807, 2.05) is 25.1 Å². The molecule has 2 aromatic rings. The molecule has 82 valence electrons. The Morgan fingerprint density at radius 3 is 3.00 bits per heavy atom. The van der Waals surface area contributed by atoms with E-state index < -0.39 is 0 Å². The topological polar surface area (TPSA) is 35.0 Å². The molecule has 1 aromatic carbocycles. The second kappa shape index (κ2) is 4.90. The molecule has 1 aromatic heterocycles. The first-order chi connectivity index (χ1) is 7.85. The number of ether oxygens (including phenoxy) is 1. The van der Waals surface area contributed by atoms with Crippen molar-refractivity contribution in [2.75, 3.05) is 6.61 Å². The highest BCUT2D eigenvalue weighted by Gasteiger charge is 2.05. The quantitative estimate of drug-likeness (QED) is 0.811. The summed E-state index contributed by atoms with van der Waals surface area (Å²) in [6.45, 7) is 6.40. The van der Waals surface area contributed by atoms with Gasteiger partial charge in [0, 0.05) is 11.1 Å². The van der Waals surface area contributed by atoms with Gasteiger partial charge in [-0.15, -0.1) is 10.2 Å². The van der Waals surface area contributed by atoms with Crippen LogP contribution in [0.25, 0.3) is 16.6 Å². The molecule has 0 N–H and O–H groups in total. The third kappa shape index (κ3) is 2.12. The van der Waals surface area contributed by atoms with Crippen LogP contribution in [-0.2, 0) is 0 Å². The van der Waals surface area contributed by atoms with Gasteiger partial charge in [-0.05, 0) is 25.1 Å². The number of hydrogen-bond acceptors (Lipinski definition) is 4. The normalized spacial score (nSPS) is 10.1. The minimum absolute atomic E-state index is 0.652. The second-order valence-corrected chi connectivity index (χ2v) is 3.97. The van der Waals surface area contributed by atoms with Crippen LogP contribution in [0.2, 0.25) is 0 Å². The minimum Gasteiger partial charge on any atom is -0.493 e. The average Bonchev–Trinajstić information content (AvgIpc) is 2.83. The van der Waals surface area contributed by atoms with Crippen molar-refractivity contribution in [3.05, 3.63) is 35.9 Å². The van der Waals surface area contributed by atoms with E-state index in [0.29, 0.717) is 6.61 Å². The molecule has 0 atom stereocenters. The maximum atomic E-state index is 5.50. The van der Waals surface area contributed by atoms with Gasteiger partial charge in [-0.1, -0.05) is 24.0 Å². The van der Waals surface area contributed by atoms with Crippen LogP contribution >= 0.6 is 11.3 Å². The van der Waals surface area contributed by atoms with Crippen LogP contribution in [-0.4, -0.2) is 16.8 Å². The fourth-order valence-electron chi connectivity index (χ4n) is 1.43. The number of hydrogen-bond donors (Lipinski definition) is 0. The summed E-state index contributed by atoms with van der Waals surface area (Å²) in [4.78, 5) is 0. The molecule has 0 saturated heterocycles. The van der Waals surface area contributed by atoms with Crippen LogP contribution in [0.1, 0.15) is 12.5 Å². The zero-order valence-corrected chi connectivity index (χ0v) is 9.83. The molecule has 0 aliphatic heterocycles. The Labute approximate surface area is 98.4 Å². The number of nitrogens with zero attached hydrogens (tertiary/aromatic N) is 2. The number of rotatable bonds is 4. The highest BCUT2D eigenvalue weighted by molar-refractivity contribution is 7.12. The molecule has 0 bridgehead atoms. The summed E-state index contributed by atoms with van der Waals surface area (Å²) in [6, 6.07) is 5.94. The molecule has 0 amide bonds. The first kappa shape index (κ1) is 10.8. The molecule has 2 rings (SSSR count). The number of aromatic nitrogens is 2. The van der Waals surface area contributed by atoms with Crippen molar-refractivity contribution in [2.45, 2.75) is 6.92 Å². The van der Waals surface area contributed by atoms with Crippen LogP contribution in [0.4, 0.5) is 0 Å². The van der Waals surface area contributed by atoms with Gasteiger partial charge in [0.05, 0.1) is 6.61 Å². The smallest absolute Gasteiger partial charge is 0.147 e. The van der Waals surface area contributed by atoms with Gasteiger partial charge in [0.1, 0.15) is 16.3 Å². The van der Waals surface area contributed by atoms with Crippen molar-refractivity contribution in [2.24, 2.45) is 0 Å². The zero-order valence-electron chi connectivity index (χ0n) is 9.01. The maximum Gasteiger partial charge on any atom is 0.147 e. The van der Waals surface area contributed by atoms with Crippen LogP contribution < -0.4 is 4.74 Å². The molecule has 0 fully saturated rings. The van der Waals surface area contributed by atoms with Crippen LogP contribution in [0.3, 0.4) is 0 Å². The van der Waals surface area contributed by atoms with E-state index >= 15 is 0 Å². The standard InChI is InChI=1S/C12H12N2OS/c1-3-9-7-10(12-14-13-8-16-12)5-6-11(9)15-4-2/h3,5-8H,1,4H2,2H3. The second-order valence-electron chi connectivity index (χ2n) is 3.13. The van der Waals surface area contributed by atoms with E-state index in [1.54, 1.807) is 11.6 Å². The first-order valence-corrected chi connectivity index (χ1v) is 5.89. The van der Waals surface area contributed by atoms with Gasteiger partial charge >= 0.3 is 0 Å². The van der Waals surface area contributed by atoms with E-state index in [4.69, 9.17) is 4.74 Å². The summed E-state index contributed by atoms with van der Waals surface area (Å²) in [5.41, 5.74) is 3.75. The molecular formula is C12H12N2OS. The van der Waals surface area contributed by atoms with Crippen molar-refractivity contribution in [3.8, 4) is 16.3 Å². The zero-order chi connectivity index (χ0) is 11.4. The SMILES string of the molecule is C=Cc1cc(-c2nncs2)ccc1OCC. The summed E-state index contributed by atoms with van der Waals surface area (Å²) in [5.74, 6) is 0.853. The molecule has 0 spiro atoms. The minimum atomic E-state index is 0.652. The monoisotopic (exact) mass is 232 g/mol. The highest BCUT2D eigenvalue weighted by Crippen LogP contribution is 2.28. The fraction of sp³-hybridized carbons (Fsp3) is 0.167. The predicted molar refractivity (Wildman–Crippen MR) is 66.6 cm³/mol. The third-order valence-electron chi connectivity index (χ3n) is 2.14. The van der Waals surface area contributed by atoms with Gasteiger partial charge in [0.25, 0.3) is 0 Å². The molecule has 0 unspecified atom stereocenters. The highest BCUT2D eigenvalue weighted by atomic mass is 32.1. The van der Waals surface area contributed by atoms with Gasteiger partial charge in [0.2, 0.25) is 0 Å². The van der Waals surface area contributed by atoms with E-state index in [9.17, 15) is 0 Å². The van der Waals surface area contributed by atoms with E-state index in [0.717, 1.165) is 21.9 Å². The lowest BCUT2D eigenvalue weighted by atomic mass is 10.1. The summed E-state index contributed by atoms with van der Waals surface area (Å²) < 4.78 is 5.50. The number of benzene rings is 1.